The first-order chi connectivity index (χ1) is 12.5. The van der Waals surface area contributed by atoms with Gasteiger partial charge in [0.25, 0.3) is 0 Å². The van der Waals surface area contributed by atoms with Crippen molar-refractivity contribution in [2.45, 2.75) is 37.6 Å². The zero-order chi connectivity index (χ0) is 18.7. The molecule has 26 heavy (non-hydrogen) atoms. The van der Waals surface area contributed by atoms with Crippen molar-refractivity contribution in [2.24, 2.45) is 0 Å². The molecule has 138 valence electrons. The Hall–Kier alpha value is -2.63. The highest BCUT2D eigenvalue weighted by molar-refractivity contribution is 5.98. The van der Waals surface area contributed by atoms with E-state index in [4.69, 9.17) is 9.47 Å². The van der Waals surface area contributed by atoms with E-state index in [1.165, 1.54) is 26.4 Å². The van der Waals surface area contributed by atoms with Crippen LogP contribution in [-0.4, -0.2) is 37.1 Å². The molecule has 6 heteroatoms. The minimum Gasteiger partial charge on any atom is -0.466 e. The summed E-state index contributed by atoms with van der Waals surface area (Å²) in [6.45, 7) is 0. The van der Waals surface area contributed by atoms with Crippen LogP contribution in [0.15, 0.2) is 47.8 Å². The van der Waals surface area contributed by atoms with Gasteiger partial charge in [-0.25, -0.2) is 14.0 Å². The summed E-state index contributed by atoms with van der Waals surface area (Å²) in [5.74, 6) is -2.08. The number of hydrogen-bond acceptors (Lipinski definition) is 5. The lowest BCUT2D eigenvalue weighted by Crippen LogP contribution is -2.33. The molecule has 5 nitrogen and oxygen atoms in total. The number of hydrogen-bond donors (Lipinski definition) is 0. The molecule has 0 amide bonds. The maximum Gasteiger partial charge on any atom is 0.336 e. The number of esters is 2. The predicted octanol–water partition coefficient (Wildman–Crippen LogP) is 3.28. The van der Waals surface area contributed by atoms with Crippen LogP contribution in [0, 0.1) is 5.82 Å². The van der Waals surface area contributed by atoms with Gasteiger partial charge in [-0.2, -0.15) is 0 Å². The van der Waals surface area contributed by atoms with Gasteiger partial charge in [-0.15, -0.1) is 0 Å². The minimum absolute atomic E-state index is 0.239. The molecule has 0 saturated heterocycles. The number of carbonyl (C=O) groups excluding carboxylic acids is 2. The summed E-state index contributed by atoms with van der Waals surface area (Å²) < 4.78 is 23.2. The zero-order valence-electron chi connectivity index (χ0n) is 14.9. The van der Waals surface area contributed by atoms with Crippen molar-refractivity contribution in [2.75, 3.05) is 14.2 Å². The van der Waals surface area contributed by atoms with E-state index in [9.17, 15) is 14.0 Å². The van der Waals surface area contributed by atoms with Crippen molar-refractivity contribution in [3.05, 3.63) is 59.2 Å². The second-order valence-corrected chi connectivity index (χ2v) is 6.52. The molecule has 1 aliphatic carbocycles. The van der Waals surface area contributed by atoms with Gasteiger partial charge in [0, 0.05) is 18.4 Å². The van der Waals surface area contributed by atoms with Crippen LogP contribution in [-0.2, 0) is 19.1 Å². The lowest BCUT2D eigenvalue weighted by Gasteiger charge is -2.33. The number of halogens is 1. The SMILES string of the molecule is COC(=O)C1=CN(C2CCCC2)C=C(C(=O)OC)C1c1ccc(F)cc1. The first-order valence-electron chi connectivity index (χ1n) is 8.68. The van der Waals surface area contributed by atoms with E-state index in [0.717, 1.165) is 25.7 Å². The van der Waals surface area contributed by atoms with Gasteiger partial charge in [0.1, 0.15) is 5.82 Å². The average molecular weight is 359 g/mol. The Morgan fingerprint density at radius 3 is 1.92 bits per heavy atom. The molecule has 0 spiro atoms. The van der Waals surface area contributed by atoms with Gasteiger partial charge < -0.3 is 14.4 Å². The van der Waals surface area contributed by atoms with E-state index in [2.05, 4.69) is 0 Å². The summed E-state index contributed by atoms with van der Waals surface area (Å²) in [6, 6.07) is 5.99. The van der Waals surface area contributed by atoms with Crippen molar-refractivity contribution in [1.29, 1.82) is 0 Å². The normalized spacial score (nSPS) is 18.3. The smallest absolute Gasteiger partial charge is 0.336 e. The van der Waals surface area contributed by atoms with Crippen LogP contribution in [0.3, 0.4) is 0 Å². The van der Waals surface area contributed by atoms with Gasteiger partial charge in [-0.05, 0) is 30.5 Å². The molecular weight excluding hydrogens is 337 g/mol. The number of ether oxygens (including phenoxy) is 2. The maximum atomic E-state index is 13.3. The van der Waals surface area contributed by atoms with Gasteiger partial charge >= 0.3 is 11.9 Å². The van der Waals surface area contributed by atoms with Gasteiger partial charge in [-0.3, -0.25) is 0 Å². The second-order valence-electron chi connectivity index (χ2n) is 6.52. The van der Waals surface area contributed by atoms with Crippen LogP contribution < -0.4 is 0 Å². The van der Waals surface area contributed by atoms with Gasteiger partial charge in [0.2, 0.25) is 0 Å². The fourth-order valence-corrected chi connectivity index (χ4v) is 3.68. The highest BCUT2D eigenvalue weighted by Gasteiger charge is 2.36. The predicted molar refractivity (Wildman–Crippen MR) is 93.4 cm³/mol. The molecular formula is C20H22FNO4. The number of rotatable bonds is 4. The molecule has 1 aliphatic heterocycles. The van der Waals surface area contributed by atoms with Crippen LogP contribution in [0.4, 0.5) is 4.39 Å². The van der Waals surface area contributed by atoms with E-state index in [-0.39, 0.29) is 11.9 Å². The Morgan fingerprint density at radius 1 is 0.962 bits per heavy atom. The van der Waals surface area contributed by atoms with Crippen LogP contribution in [0.1, 0.15) is 37.2 Å². The summed E-state index contributed by atoms with van der Waals surface area (Å²) >= 11 is 0. The summed E-state index contributed by atoms with van der Waals surface area (Å²) in [5, 5.41) is 0. The van der Waals surface area contributed by atoms with Gasteiger partial charge in [0.15, 0.2) is 0 Å². The summed E-state index contributed by atoms with van der Waals surface area (Å²) in [6.07, 6.45) is 7.73. The highest BCUT2D eigenvalue weighted by Crippen LogP contribution is 2.39. The molecule has 0 unspecified atom stereocenters. The third-order valence-corrected chi connectivity index (χ3v) is 4.99. The van der Waals surface area contributed by atoms with Crippen molar-refractivity contribution in [1.82, 2.24) is 4.90 Å². The van der Waals surface area contributed by atoms with E-state index in [1.54, 1.807) is 24.5 Å². The third kappa shape index (κ3) is 3.49. The molecule has 0 bridgehead atoms. The number of methoxy groups -OCH3 is 2. The topological polar surface area (TPSA) is 55.8 Å². The number of benzene rings is 1. The molecule has 0 aromatic heterocycles. The second kappa shape index (κ2) is 7.72. The third-order valence-electron chi connectivity index (χ3n) is 4.99. The van der Waals surface area contributed by atoms with Crippen molar-refractivity contribution >= 4 is 11.9 Å². The first-order valence-corrected chi connectivity index (χ1v) is 8.68. The molecule has 0 radical (unpaired) electrons. The molecule has 2 aliphatic rings. The van der Waals surface area contributed by atoms with Crippen molar-refractivity contribution < 1.29 is 23.5 Å². The fraction of sp³-hybridized carbons (Fsp3) is 0.400. The monoisotopic (exact) mass is 359 g/mol. The van der Waals surface area contributed by atoms with Crippen LogP contribution >= 0.6 is 0 Å². The van der Waals surface area contributed by atoms with Crippen LogP contribution in [0.2, 0.25) is 0 Å². The molecule has 1 aromatic rings. The number of nitrogens with zero attached hydrogens (tertiary/aromatic N) is 1. The molecule has 1 fully saturated rings. The summed E-state index contributed by atoms with van der Waals surface area (Å²) in [7, 11) is 2.61. The first kappa shape index (κ1) is 18.2. The quantitative estimate of drug-likeness (QED) is 0.772. The summed E-state index contributed by atoms with van der Waals surface area (Å²) in [4.78, 5) is 26.8. The Balaban J connectivity index is 2.09. The Bertz CT molecular complexity index is 714. The Kier molecular flexibility index (Phi) is 5.40. The minimum atomic E-state index is -0.659. The van der Waals surface area contributed by atoms with Gasteiger partial charge in [-0.1, -0.05) is 25.0 Å². The van der Waals surface area contributed by atoms with Crippen LogP contribution in [0.5, 0.6) is 0 Å². The highest BCUT2D eigenvalue weighted by atomic mass is 19.1. The largest absolute Gasteiger partial charge is 0.466 e. The van der Waals surface area contributed by atoms with E-state index in [0.29, 0.717) is 16.7 Å². The van der Waals surface area contributed by atoms with Crippen LogP contribution in [0.25, 0.3) is 0 Å². The lowest BCUT2D eigenvalue weighted by atomic mass is 9.83. The maximum absolute atomic E-state index is 13.3. The molecule has 1 heterocycles. The van der Waals surface area contributed by atoms with Crippen molar-refractivity contribution in [3.8, 4) is 0 Å². The van der Waals surface area contributed by atoms with E-state index < -0.39 is 17.9 Å². The molecule has 3 rings (SSSR count). The van der Waals surface area contributed by atoms with E-state index in [1.807, 2.05) is 4.90 Å². The zero-order valence-corrected chi connectivity index (χ0v) is 14.9. The lowest BCUT2D eigenvalue weighted by molar-refractivity contribution is -0.137. The standard InChI is InChI=1S/C20H22FNO4/c1-25-19(23)16-11-22(15-5-3-4-6-15)12-17(20(24)26-2)18(16)13-7-9-14(21)10-8-13/h7-12,15,18H,3-6H2,1-2H3. The van der Waals surface area contributed by atoms with Gasteiger partial charge in [0.05, 0.1) is 31.3 Å². The Labute approximate surface area is 152 Å². The molecule has 0 atom stereocenters. The molecule has 1 aromatic carbocycles. The Morgan fingerprint density at radius 2 is 1.46 bits per heavy atom. The molecule has 0 N–H and O–H groups in total. The number of carbonyl (C=O) groups is 2. The summed E-state index contributed by atoms with van der Waals surface area (Å²) in [5.41, 5.74) is 1.31. The fourth-order valence-electron chi connectivity index (χ4n) is 3.68. The van der Waals surface area contributed by atoms with E-state index >= 15 is 0 Å². The van der Waals surface area contributed by atoms with Crippen molar-refractivity contribution in [3.63, 3.8) is 0 Å². The average Bonchev–Trinajstić information content (AvgIpc) is 3.21. The molecule has 1 saturated carbocycles.